The van der Waals surface area contributed by atoms with Crippen molar-refractivity contribution in [2.45, 2.75) is 66.7 Å². The molecule has 0 aliphatic heterocycles. The molecule has 6 aromatic carbocycles. The molecule has 0 radical (unpaired) electrons. The molecular formula is C47H41N3O. The van der Waals surface area contributed by atoms with Gasteiger partial charge in [0.1, 0.15) is 5.65 Å². The van der Waals surface area contributed by atoms with Crippen LogP contribution in [-0.4, -0.2) is 9.38 Å². The molecule has 2 heterocycles. The van der Waals surface area contributed by atoms with Crippen LogP contribution in [0.15, 0.2) is 102 Å². The van der Waals surface area contributed by atoms with E-state index in [1.165, 1.54) is 47.9 Å². The van der Waals surface area contributed by atoms with Crippen molar-refractivity contribution in [3.63, 3.8) is 0 Å². The molecule has 0 atom stereocenters. The maximum Gasteiger partial charge on any atom is 0.264 e. The second-order valence-corrected chi connectivity index (χ2v) is 14.2. The number of hydrogen-bond donors (Lipinski definition) is 0. The summed E-state index contributed by atoms with van der Waals surface area (Å²) < 4.78 is 1.83. The minimum Gasteiger partial charge on any atom is -0.268 e. The predicted molar refractivity (Wildman–Crippen MR) is 215 cm³/mol. The molecule has 0 spiro atoms. The van der Waals surface area contributed by atoms with Crippen molar-refractivity contribution in [1.29, 1.82) is 0 Å². The van der Waals surface area contributed by atoms with Crippen LogP contribution in [0.3, 0.4) is 0 Å². The van der Waals surface area contributed by atoms with E-state index >= 15 is 0 Å². The number of pyridine rings is 1. The van der Waals surface area contributed by atoms with Crippen LogP contribution in [0.4, 0.5) is 5.69 Å². The Morgan fingerprint density at radius 1 is 0.667 bits per heavy atom. The number of fused-ring (bicyclic) bond motifs is 4. The summed E-state index contributed by atoms with van der Waals surface area (Å²) in [6, 6.07) is 33.8. The van der Waals surface area contributed by atoms with Crippen molar-refractivity contribution in [3.8, 4) is 33.4 Å². The first-order chi connectivity index (χ1) is 24.8. The predicted octanol–water partition coefficient (Wildman–Crippen LogP) is 12.5. The molecule has 8 aromatic rings. The average molecular weight is 664 g/mol. The number of rotatable bonds is 8. The zero-order valence-electron chi connectivity index (χ0n) is 30.0. The standard InChI is InChI=1S/C47H41N3O/c1-7-8-9-10-17-32-18-20-33(21-19-32)35-22-23-36-43-37(24-25-39(48-6)44(35)43)47(51)50-45-38(42-30(4)15-12-16-31(42)5)26-34(27-40(45)49-46(36)50)41-28(2)13-11-14-29(41)3/h11-16,18-27H,7-10,17H2,1-5H3. The smallest absolute Gasteiger partial charge is 0.264 e. The van der Waals surface area contributed by atoms with Crippen LogP contribution in [0.2, 0.25) is 0 Å². The Balaban J connectivity index is 1.43. The minimum atomic E-state index is -0.117. The number of nitrogens with zero attached hydrogens (tertiary/aromatic N) is 3. The van der Waals surface area contributed by atoms with Crippen LogP contribution >= 0.6 is 0 Å². The van der Waals surface area contributed by atoms with Gasteiger partial charge in [0.2, 0.25) is 0 Å². The molecule has 4 heteroatoms. The summed E-state index contributed by atoms with van der Waals surface area (Å²) in [5, 5.41) is 3.09. The Kier molecular flexibility index (Phi) is 8.16. The summed E-state index contributed by atoms with van der Waals surface area (Å²) in [7, 11) is 0. The second-order valence-electron chi connectivity index (χ2n) is 14.2. The summed E-state index contributed by atoms with van der Waals surface area (Å²) in [4.78, 5) is 24.1. The van der Waals surface area contributed by atoms with Crippen molar-refractivity contribution >= 4 is 43.9 Å². The van der Waals surface area contributed by atoms with Gasteiger partial charge in [-0.05, 0) is 119 Å². The van der Waals surface area contributed by atoms with Gasteiger partial charge in [0, 0.05) is 16.3 Å². The molecule has 2 aromatic heterocycles. The van der Waals surface area contributed by atoms with Gasteiger partial charge in [0.05, 0.1) is 17.6 Å². The highest BCUT2D eigenvalue weighted by Crippen LogP contribution is 2.44. The number of imidazole rings is 1. The lowest BCUT2D eigenvalue weighted by Crippen LogP contribution is -2.14. The third kappa shape index (κ3) is 5.27. The molecule has 0 bridgehead atoms. The Bertz CT molecular complexity index is 2700. The van der Waals surface area contributed by atoms with Crippen molar-refractivity contribution in [1.82, 2.24) is 9.38 Å². The first kappa shape index (κ1) is 32.4. The minimum absolute atomic E-state index is 0.117. The summed E-state index contributed by atoms with van der Waals surface area (Å²) in [5.41, 5.74) is 15.0. The number of unbranched alkanes of at least 4 members (excludes halogenated alkanes) is 3. The van der Waals surface area contributed by atoms with Crippen LogP contribution in [0.25, 0.3) is 76.5 Å². The van der Waals surface area contributed by atoms with Gasteiger partial charge in [-0.2, -0.15) is 0 Å². The number of benzene rings is 6. The van der Waals surface area contributed by atoms with Crippen molar-refractivity contribution in [2.75, 3.05) is 0 Å². The topological polar surface area (TPSA) is 38.7 Å². The highest BCUT2D eigenvalue weighted by atomic mass is 16.1. The SMILES string of the molecule is [C-]#[N+]c1ccc2c(=O)n3c(nc4cc(-c5c(C)cccc5C)cc(-c5c(C)cccc5C)c43)c3ccc(-c4ccc(CCCCCC)cc4)c1c23. The van der Waals surface area contributed by atoms with E-state index in [9.17, 15) is 4.79 Å². The second kappa shape index (κ2) is 12.8. The molecular weight excluding hydrogens is 623 g/mol. The van der Waals surface area contributed by atoms with Crippen LogP contribution in [-0.2, 0) is 6.42 Å². The molecule has 4 nitrogen and oxygen atoms in total. The fourth-order valence-electron chi connectivity index (χ4n) is 8.33. The van der Waals surface area contributed by atoms with Gasteiger partial charge in [0.25, 0.3) is 5.56 Å². The van der Waals surface area contributed by atoms with E-state index in [-0.39, 0.29) is 5.56 Å². The zero-order chi connectivity index (χ0) is 35.4. The highest BCUT2D eigenvalue weighted by molar-refractivity contribution is 6.23. The molecule has 0 fully saturated rings. The largest absolute Gasteiger partial charge is 0.268 e. The Morgan fingerprint density at radius 2 is 1.33 bits per heavy atom. The summed E-state index contributed by atoms with van der Waals surface area (Å²) in [5.74, 6) is 0. The molecule has 0 aliphatic carbocycles. The number of aryl methyl sites for hydroxylation is 5. The van der Waals surface area contributed by atoms with Gasteiger partial charge in [-0.3, -0.25) is 9.20 Å². The van der Waals surface area contributed by atoms with Gasteiger partial charge in [-0.25, -0.2) is 9.83 Å². The lowest BCUT2D eigenvalue weighted by Gasteiger charge is -2.16. The zero-order valence-corrected chi connectivity index (χ0v) is 30.0. The van der Waals surface area contributed by atoms with Crippen molar-refractivity contribution < 1.29 is 0 Å². The van der Waals surface area contributed by atoms with E-state index in [2.05, 4.69) is 124 Å². The quantitative estimate of drug-likeness (QED) is 0.120. The highest BCUT2D eigenvalue weighted by Gasteiger charge is 2.24. The third-order valence-electron chi connectivity index (χ3n) is 10.8. The Hall–Kier alpha value is -5.79. The molecule has 0 N–H and O–H groups in total. The van der Waals surface area contributed by atoms with E-state index in [0.717, 1.165) is 72.6 Å². The number of hydrogen-bond acceptors (Lipinski definition) is 2. The van der Waals surface area contributed by atoms with Crippen LogP contribution in [0, 0.1) is 34.3 Å². The first-order valence-corrected chi connectivity index (χ1v) is 18.1. The third-order valence-corrected chi connectivity index (χ3v) is 10.8. The molecule has 0 saturated heterocycles. The van der Waals surface area contributed by atoms with Gasteiger partial charge in [0.15, 0.2) is 5.69 Å². The Morgan fingerprint density at radius 3 is 2.00 bits per heavy atom. The molecule has 51 heavy (non-hydrogen) atoms. The summed E-state index contributed by atoms with van der Waals surface area (Å²) >= 11 is 0. The van der Waals surface area contributed by atoms with Crippen molar-refractivity contribution in [2.24, 2.45) is 0 Å². The van der Waals surface area contributed by atoms with Crippen LogP contribution in [0.5, 0.6) is 0 Å². The maximum atomic E-state index is 14.9. The van der Waals surface area contributed by atoms with E-state index in [1.54, 1.807) is 0 Å². The van der Waals surface area contributed by atoms with Crippen LogP contribution < -0.4 is 5.56 Å². The molecule has 0 saturated carbocycles. The molecule has 0 unspecified atom stereocenters. The normalized spacial score (nSPS) is 11.7. The lowest BCUT2D eigenvalue weighted by molar-refractivity contribution is 0.667. The van der Waals surface area contributed by atoms with E-state index < -0.39 is 0 Å². The van der Waals surface area contributed by atoms with Crippen molar-refractivity contribution in [3.05, 3.63) is 147 Å². The maximum absolute atomic E-state index is 14.9. The van der Waals surface area contributed by atoms with Gasteiger partial charge in [-0.15, -0.1) is 0 Å². The monoisotopic (exact) mass is 663 g/mol. The van der Waals surface area contributed by atoms with Crippen LogP contribution in [0.1, 0.15) is 60.4 Å². The van der Waals surface area contributed by atoms with E-state index in [1.807, 2.05) is 16.5 Å². The lowest BCUT2D eigenvalue weighted by atomic mass is 9.89. The molecule has 0 amide bonds. The molecule has 8 rings (SSSR count). The first-order valence-electron chi connectivity index (χ1n) is 18.1. The molecule has 250 valence electrons. The van der Waals surface area contributed by atoms with Gasteiger partial charge >= 0.3 is 0 Å². The Labute approximate surface area is 299 Å². The average Bonchev–Trinajstić information content (AvgIpc) is 3.52. The molecule has 0 aliphatic rings. The fraction of sp³-hybridized carbons (Fsp3) is 0.213. The summed E-state index contributed by atoms with van der Waals surface area (Å²) in [6.45, 7) is 19.0. The van der Waals surface area contributed by atoms with E-state index in [4.69, 9.17) is 11.6 Å². The van der Waals surface area contributed by atoms with E-state index in [0.29, 0.717) is 16.7 Å². The fourth-order valence-corrected chi connectivity index (χ4v) is 8.33. The van der Waals surface area contributed by atoms with Gasteiger partial charge in [-0.1, -0.05) is 111 Å². The van der Waals surface area contributed by atoms with Gasteiger partial charge < -0.3 is 0 Å². The summed E-state index contributed by atoms with van der Waals surface area (Å²) in [6.07, 6.45) is 6.01. The number of aromatic nitrogens is 2.